The Bertz CT molecular complexity index is 1000. The van der Waals surface area contributed by atoms with E-state index in [1.54, 1.807) is 11.3 Å². The van der Waals surface area contributed by atoms with Crippen molar-refractivity contribution in [2.75, 3.05) is 19.7 Å². The number of piperidine rings is 1. The number of hydrogen-bond acceptors (Lipinski definition) is 6. The molecule has 30 heavy (non-hydrogen) atoms. The Labute approximate surface area is 181 Å². The fourth-order valence-corrected chi connectivity index (χ4v) is 4.61. The number of amides is 1. The lowest BCUT2D eigenvalue weighted by atomic mass is 9.95. The lowest BCUT2D eigenvalue weighted by Gasteiger charge is -2.31. The Morgan fingerprint density at radius 3 is 2.90 bits per heavy atom. The average molecular weight is 428 g/mol. The summed E-state index contributed by atoms with van der Waals surface area (Å²) in [6.45, 7) is 9.26. The predicted octanol–water partition coefficient (Wildman–Crippen LogP) is 4.69. The summed E-state index contributed by atoms with van der Waals surface area (Å²) < 4.78 is 11.7. The average Bonchev–Trinajstić information content (AvgIpc) is 3.35. The first-order chi connectivity index (χ1) is 14.5. The van der Waals surface area contributed by atoms with E-state index >= 15 is 0 Å². The van der Waals surface area contributed by atoms with Crippen molar-refractivity contribution >= 4 is 28.2 Å². The monoisotopic (exact) mass is 427 g/mol. The molecule has 3 aromatic rings. The van der Waals surface area contributed by atoms with Gasteiger partial charge in [0.25, 0.3) is 0 Å². The van der Waals surface area contributed by atoms with Crippen LogP contribution in [0.4, 0.5) is 0 Å². The van der Waals surface area contributed by atoms with Gasteiger partial charge in [-0.3, -0.25) is 9.69 Å². The van der Waals surface area contributed by atoms with Crippen molar-refractivity contribution in [2.24, 2.45) is 5.92 Å². The summed E-state index contributed by atoms with van der Waals surface area (Å²) in [4.78, 5) is 19.8. The molecule has 2 aromatic heterocycles. The number of fused-ring (bicyclic) bond motifs is 1. The van der Waals surface area contributed by atoms with E-state index in [1.165, 1.54) is 0 Å². The molecule has 1 fully saturated rings. The number of aryl methyl sites for hydroxylation is 1. The van der Waals surface area contributed by atoms with E-state index in [9.17, 15) is 4.79 Å². The molecule has 0 aliphatic carbocycles. The molecule has 1 N–H and O–H groups in total. The Balaban J connectivity index is 1.33. The second-order valence-corrected chi connectivity index (χ2v) is 8.96. The summed E-state index contributed by atoms with van der Waals surface area (Å²) in [5.41, 5.74) is 1.87. The Hall–Kier alpha value is -2.38. The number of nitrogens with zero attached hydrogens (tertiary/aromatic N) is 2. The van der Waals surface area contributed by atoms with Crippen LogP contribution < -0.4 is 10.1 Å². The van der Waals surface area contributed by atoms with Crippen LogP contribution in [0.1, 0.15) is 49.2 Å². The zero-order valence-corrected chi connectivity index (χ0v) is 18.6. The molecule has 0 saturated carbocycles. The molecule has 1 atom stereocenters. The number of nitrogens with one attached hydrogen (secondary N) is 1. The molecular formula is C23H29N3O3S. The van der Waals surface area contributed by atoms with Gasteiger partial charge in [0, 0.05) is 23.2 Å². The fourth-order valence-electron chi connectivity index (χ4n) is 4.00. The number of likely N-dealkylation sites (tertiary alicyclic amines) is 1. The van der Waals surface area contributed by atoms with Crippen LogP contribution in [0.15, 0.2) is 34.1 Å². The smallest absolute Gasteiger partial charge is 0.223 e. The van der Waals surface area contributed by atoms with Crippen molar-refractivity contribution in [1.82, 2.24) is 15.2 Å². The maximum Gasteiger partial charge on any atom is 0.223 e. The lowest BCUT2D eigenvalue weighted by Crippen LogP contribution is -2.40. The lowest BCUT2D eigenvalue weighted by molar-refractivity contribution is -0.127. The molecule has 3 heterocycles. The van der Waals surface area contributed by atoms with E-state index in [1.807, 2.05) is 45.0 Å². The summed E-state index contributed by atoms with van der Waals surface area (Å²) in [5, 5.41) is 7.36. The minimum absolute atomic E-state index is 0.0456. The number of thiazole rings is 1. The molecule has 0 spiro atoms. The second-order valence-electron chi connectivity index (χ2n) is 7.89. The van der Waals surface area contributed by atoms with Crippen LogP contribution in [0.2, 0.25) is 0 Å². The highest BCUT2D eigenvalue weighted by Crippen LogP contribution is 2.31. The maximum atomic E-state index is 12.8. The third kappa shape index (κ3) is 4.68. The number of aromatic nitrogens is 1. The quantitative estimate of drug-likeness (QED) is 0.593. The summed E-state index contributed by atoms with van der Waals surface area (Å²) >= 11 is 1.69. The van der Waals surface area contributed by atoms with E-state index in [-0.39, 0.29) is 17.9 Å². The number of ether oxygens (including phenoxy) is 1. The van der Waals surface area contributed by atoms with Gasteiger partial charge in [-0.1, -0.05) is 12.1 Å². The van der Waals surface area contributed by atoms with Gasteiger partial charge in [0.2, 0.25) is 5.91 Å². The van der Waals surface area contributed by atoms with E-state index < -0.39 is 0 Å². The molecule has 6 nitrogen and oxygen atoms in total. The number of furan rings is 1. The number of para-hydroxylation sites is 1. The standard InChI is InChI=1S/C23H29N3O3S/c1-4-28-20-7-5-6-18-12-21(29-22(18)20)15(2)24-23(27)17-8-10-26(11-9-17)13-19-14-30-16(3)25-19/h5-7,12,14-15,17H,4,8-11,13H2,1-3H3,(H,24,27). The zero-order valence-electron chi connectivity index (χ0n) is 17.8. The molecule has 0 bridgehead atoms. The highest BCUT2D eigenvalue weighted by molar-refractivity contribution is 7.09. The molecule has 1 amide bonds. The van der Waals surface area contributed by atoms with Crippen molar-refractivity contribution < 1.29 is 13.9 Å². The predicted molar refractivity (Wildman–Crippen MR) is 119 cm³/mol. The highest BCUT2D eigenvalue weighted by Gasteiger charge is 2.27. The van der Waals surface area contributed by atoms with Crippen molar-refractivity contribution in [1.29, 1.82) is 0 Å². The minimum Gasteiger partial charge on any atom is -0.490 e. The topological polar surface area (TPSA) is 67.6 Å². The SMILES string of the molecule is CCOc1cccc2cc(C(C)NC(=O)C3CCN(Cc4csc(C)n4)CC3)oc12. The molecule has 0 radical (unpaired) electrons. The minimum atomic E-state index is -0.185. The van der Waals surface area contributed by atoms with Gasteiger partial charge >= 0.3 is 0 Å². The number of carbonyl (C=O) groups is 1. The molecule has 1 unspecified atom stereocenters. The maximum absolute atomic E-state index is 12.8. The summed E-state index contributed by atoms with van der Waals surface area (Å²) in [6.07, 6.45) is 1.74. The summed E-state index contributed by atoms with van der Waals surface area (Å²) in [5.74, 6) is 1.64. The Kier molecular flexibility index (Phi) is 6.39. The van der Waals surface area contributed by atoms with E-state index in [0.29, 0.717) is 6.61 Å². The van der Waals surface area contributed by atoms with Crippen molar-refractivity contribution in [3.8, 4) is 5.75 Å². The van der Waals surface area contributed by atoms with Gasteiger partial charge in [0.05, 0.1) is 23.4 Å². The molecule has 4 rings (SSSR count). The largest absolute Gasteiger partial charge is 0.490 e. The zero-order chi connectivity index (χ0) is 21.1. The second kappa shape index (κ2) is 9.18. The molecule has 160 valence electrons. The Morgan fingerprint density at radius 1 is 1.40 bits per heavy atom. The van der Waals surface area contributed by atoms with Gasteiger partial charge < -0.3 is 14.5 Å². The number of hydrogen-bond donors (Lipinski definition) is 1. The van der Waals surface area contributed by atoms with Crippen LogP contribution in [0.25, 0.3) is 11.0 Å². The highest BCUT2D eigenvalue weighted by atomic mass is 32.1. The van der Waals surface area contributed by atoms with Crippen LogP contribution in [0.3, 0.4) is 0 Å². The van der Waals surface area contributed by atoms with Crippen LogP contribution in [0, 0.1) is 12.8 Å². The van der Waals surface area contributed by atoms with Crippen molar-refractivity contribution in [2.45, 2.75) is 46.2 Å². The number of benzene rings is 1. The first-order valence-electron chi connectivity index (χ1n) is 10.6. The van der Waals surface area contributed by atoms with Gasteiger partial charge in [-0.05, 0) is 58.8 Å². The van der Waals surface area contributed by atoms with Gasteiger partial charge in [-0.15, -0.1) is 11.3 Å². The molecule has 7 heteroatoms. The number of carbonyl (C=O) groups excluding carboxylic acids is 1. The fraction of sp³-hybridized carbons (Fsp3) is 0.478. The van der Waals surface area contributed by atoms with Gasteiger partial charge in [-0.25, -0.2) is 4.98 Å². The van der Waals surface area contributed by atoms with Crippen molar-refractivity contribution in [3.63, 3.8) is 0 Å². The van der Waals surface area contributed by atoms with Gasteiger partial charge in [0.15, 0.2) is 11.3 Å². The summed E-state index contributed by atoms with van der Waals surface area (Å²) in [7, 11) is 0. The first-order valence-corrected chi connectivity index (χ1v) is 11.5. The van der Waals surface area contributed by atoms with E-state index in [4.69, 9.17) is 9.15 Å². The molecule has 1 aliphatic heterocycles. The first kappa shape index (κ1) is 20.9. The molecule has 1 aromatic carbocycles. The van der Waals surface area contributed by atoms with Crippen LogP contribution in [0.5, 0.6) is 5.75 Å². The molecule has 1 saturated heterocycles. The number of rotatable bonds is 7. The van der Waals surface area contributed by atoms with Crippen LogP contribution >= 0.6 is 11.3 Å². The molecular weight excluding hydrogens is 398 g/mol. The van der Waals surface area contributed by atoms with Crippen molar-refractivity contribution in [3.05, 3.63) is 46.1 Å². The Morgan fingerprint density at radius 2 is 2.20 bits per heavy atom. The van der Waals surface area contributed by atoms with Gasteiger partial charge in [0.1, 0.15) is 5.76 Å². The van der Waals surface area contributed by atoms with Crippen LogP contribution in [-0.4, -0.2) is 35.5 Å². The third-order valence-electron chi connectivity index (χ3n) is 5.62. The molecule has 1 aliphatic rings. The van der Waals surface area contributed by atoms with E-state index in [2.05, 4.69) is 20.6 Å². The summed E-state index contributed by atoms with van der Waals surface area (Å²) in [6, 6.07) is 7.66. The van der Waals surface area contributed by atoms with Crippen LogP contribution in [-0.2, 0) is 11.3 Å². The van der Waals surface area contributed by atoms with Gasteiger partial charge in [-0.2, -0.15) is 0 Å². The van der Waals surface area contributed by atoms with E-state index in [0.717, 1.165) is 65.7 Å². The normalized spacial score (nSPS) is 16.6. The third-order valence-corrected chi connectivity index (χ3v) is 6.45.